The van der Waals surface area contributed by atoms with Gasteiger partial charge in [-0.1, -0.05) is 41.4 Å². The molecule has 0 aliphatic rings. The van der Waals surface area contributed by atoms with Crippen molar-refractivity contribution in [3.63, 3.8) is 0 Å². The molecule has 0 aliphatic heterocycles. The molecule has 0 aromatic heterocycles. The van der Waals surface area contributed by atoms with Gasteiger partial charge in [0.1, 0.15) is 11.5 Å². The zero-order valence-corrected chi connectivity index (χ0v) is 19.3. The van der Waals surface area contributed by atoms with Crippen molar-refractivity contribution in [2.75, 3.05) is 13.2 Å². The standard InChI is InChI=1S/C24H19Cl2F3O5/c1-2-32-21(31)12-33-20-11-18(25)17(22(26)23(20)27)9-13-6-7-19(30)16(8-13)14-4-3-5-15(10-14)34-24(28)29/h3-8,10-11,24,30H,2,9,12H2,1H3. The van der Waals surface area contributed by atoms with Gasteiger partial charge in [-0.05, 0) is 47.9 Å². The van der Waals surface area contributed by atoms with Crippen LogP contribution < -0.4 is 9.47 Å². The van der Waals surface area contributed by atoms with Gasteiger partial charge in [-0.25, -0.2) is 9.18 Å². The number of phenols is 1. The fourth-order valence-electron chi connectivity index (χ4n) is 3.19. The van der Waals surface area contributed by atoms with Gasteiger partial charge in [0.2, 0.25) is 0 Å². The van der Waals surface area contributed by atoms with Crippen molar-refractivity contribution in [1.82, 2.24) is 0 Å². The molecule has 1 N–H and O–H groups in total. The van der Waals surface area contributed by atoms with Crippen molar-refractivity contribution in [1.29, 1.82) is 0 Å². The van der Waals surface area contributed by atoms with Crippen LogP contribution in [0.3, 0.4) is 0 Å². The van der Waals surface area contributed by atoms with Gasteiger partial charge in [-0.3, -0.25) is 0 Å². The number of benzene rings is 3. The average Bonchev–Trinajstić information content (AvgIpc) is 2.79. The largest absolute Gasteiger partial charge is 0.507 e. The van der Waals surface area contributed by atoms with Gasteiger partial charge in [-0.2, -0.15) is 8.78 Å². The SMILES string of the molecule is CCOC(=O)COc1cc(Cl)c(Cc2ccc(O)c(-c3cccc(OC(F)F)c3)c2)c(Cl)c1F. The monoisotopic (exact) mass is 514 g/mol. The molecule has 0 bridgehead atoms. The number of ether oxygens (including phenoxy) is 3. The smallest absolute Gasteiger partial charge is 0.387 e. The van der Waals surface area contributed by atoms with Crippen LogP contribution in [0.1, 0.15) is 18.1 Å². The number of hydrogen-bond acceptors (Lipinski definition) is 5. The zero-order valence-electron chi connectivity index (χ0n) is 17.8. The van der Waals surface area contributed by atoms with E-state index >= 15 is 0 Å². The Morgan fingerprint density at radius 3 is 2.59 bits per heavy atom. The number of halogens is 5. The molecule has 0 heterocycles. The highest BCUT2D eigenvalue weighted by Crippen LogP contribution is 2.38. The van der Waals surface area contributed by atoms with Gasteiger partial charge in [0.25, 0.3) is 0 Å². The molecule has 3 aromatic carbocycles. The van der Waals surface area contributed by atoms with E-state index in [2.05, 4.69) is 4.74 Å². The highest BCUT2D eigenvalue weighted by Gasteiger charge is 2.19. The highest BCUT2D eigenvalue weighted by molar-refractivity contribution is 6.36. The fourth-order valence-corrected chi connectivity index (χ4v) is 3.76. The molecular formula is C24H19Cl2F3O5. The van der Waals surface area contributed by atoms with Crippen molar-refractivity contribution in [2.45, 2.75) is 20.0 Å². The Morgan fingerprint density at radius 2 is 1.88 bits per heavy atom. The van der Waals surface area contributed by atoms with Gasteiger partial charge >= 0.3 is 12.6 Å². The summed E-state index contributed by atoms with van der Waals surface area (Å²) >= 11 is 12.5. The molecule has 34 heavy (non-hydrogen) atoms. The van der Waals surface area contributed by atoms with Gasteiger partial charge in [0.05, 0.1) is 11.6 Å². The van der Waals surface area contributed by atoms with Crippen molar-refractivity contribution >= 4 is 29.2 Å². The molecule has 0 aliphatic carbocycles. The van der Waals surface area contributed by atoms with Crippen LogP contribution >= 0.6 is 23.2 Å². The molecule has 0 unspecified atom stereocenters. The molecule has 0 atom stereocenters. The third kappa shape index (κ3) is 6.27. The molecule has 5 nitrogen and oxygen atoms in total. The van der Waals surface area contributed by atoms with E-state index in [1.54, 1.807) is 25.1 Å². The number of alkyl halides is 2. The summed E-state index contributed by atoms with van der Waals surface area (Å²) in [5.41, 5.74) is 1.65. The molecule has 0 spiro atoms. The number of hydrogen-bond donors (Lipinski definition) is 1. The third-order valence-corrected chi connectivity index (χ3v) is 5.41. The number of aromatic hydroxyl groups is 1. The van der Waals surface area contributed by atoms with Gasteiger partial charge in [0, 0.05) is 23.1 Å². The van der Waals surface area contributed by atoms with Gasteiger partial charge in [-0.15, -0.1) is 0 Å². The van der Waals surface area contributed by atoms with Crippen LogP contribution in [0.25, 0.3) is 11.1 Å². The number of esters is 1. The van der Waals surface area contributed by atoms with E-state index in [4.69, 9.17) is 32.7 Å². The van der Waals surface area contributed by atoms with E-state index in [1.807, 2.05) is 0 Å². The first-order valence-corrected chi connectivity index (χ1v) is 10.8. The van der Waals surface area contributed by atoms with E-state index in [-0.39, 0.29) is 45.9 Å². The lowest BCUT2D eigenvalue weighted by Gasteiger charge is -2.14. The first-order valence-electron chi connectivity index (χ1n) is 10.0. The Labute approximate surface area is 203 Å². The summed E-state index contributed by atoms with van der Waals surface area (Å²) in [6, 6.07) is 11.7. The Balaban J connectivity index is 1.88. The van der Waals surface area contributed by atoms with E-state index in [1.165, 1.54) is 30.3 Å². The van der Waals surface area contributed by atoms with Crippen molar-refractivity contribution in [3.8, 4) is 28.4 Å². The van der Waals surface area contributed by atoms with Gasteiger partial charge < -0.3 is 19.3 Å². The maximum absolute atomic E-state index is 14.8. The minimum Gasteiger partial charge on any atom is -0.507 e. The second kappa shape index (κ2) is 11.4. The average molecular weight is 515 g/mol. The summed E-state index contributed by atoms with van der Waals surface area (Å²) in [5.74, 6) is -2.01. The summed E-state index contributed by atoms with van der Waals surface area (Å²) in [6.45, 7) is -1.71. The molecule has 10 heteroatoms. The summed E-state index contributed by atoms with van der Waals surface area (Å²) < 4.78 is 54.1. The van der Waals surface area contributed by atoms with Crippen LogP contribution in [0.2, 0.25) is 10.0 Å². The molecule has 0 saturated heterocycles. The van der Waals surface area contributed by atoms with E-state index in [0.717, 1.165) is 0 Å². The van der Waals surface area contributed by atoms with Crippen molar-refractivity contribution < 1.29 is 37.3 Å². The third-order valence-electron chi connectivity index (χ3n) is 4.68. The lowest BCUT2D eigenvalue weighted by Crippen LogP contribution is -2.15. The second-order valence-electron chi connectivity index (χ2n) is 6.99. The molecule has 0 fully saturated rings. The summed E-state index contributed by atoms with van der Waals surface area (Å²) in [6.07, 6.45) is 0.0905. The van der Waals surface area contributed by atoms with Crippen LogP contribution in [-0.4, -0.2) is 30.9 Å². The van der Waals surface area contributed by atoms with Gasteiger partial charge in [0.15, 0.2) is 18.2 Å². The molecule has 0 amide bonds. The Bertz CT molecular complexity index is 1190. The van der Waals surface area contributed by atoms with Crippen LogP contribution in [0.5, 0.6) is 17.2 Å². The molecule has 0 radical (unpaired) electrons. The van der Waals surface area contributed by atoms with E-state index in [9.17, 15) is 23.1 Å². The molecule has 3 aromatic rings. The minimum atomic E-state index is -2.99. The Kier molecular flexibility index (Phi) is 8.52. The number of carbonyl (C=O) groups excluding carboxylic acids is 1. The summed E-state index contributed by atoms with van der Waals surface area (Å²) in [7, 11) is 0. The second-order valence-corrected chi connectivity index (χ2v) is 7.78. The van der Waals surface area contributed by atoms with Crippen molar-refractivity contribution in [3.05, 3.63) is 75.5 Å². The lowest BCUT2D eigenvalue weighted by atomic mass is 9.98. The first-order chi connectivity index (χ1) is 16.2. The number of rotatable bonds is 9. The quantitative estimate of drug-likeness (QED) is 0.256. The lowest BCUT2D eigenvalue weighted by molar-refractivity contribution is -0.145. The van der Waals surface area contributed by atoms with Crippen LogP contribution in [0, 0.1) is 5.82 Å². The first kappa shape index (κ1) is 25.5. The van der Waals surface area contributed by atoms with E-state index in [0.29, 0.717) is 16.7 Å². The predicted molar refractivity (Wildman–Crippen MR) is 122 cm³/mol. The predicted octanol–water partition coefficient (Wildman–Crippen LogP) is 6.64. The van der Waals surface area contributed by atoms with Crippen LogP contribution in [0.4, 0.5) is 13.2 Å². The van der Waals surface area contributed by atoms with Crippen LogP contribution in [0.15, 0.2) is 48.5 Å². The number of phenolic OH excluding ortho intramolecular Hbond substituents is 1. The Morgan fingerprint density at radius 1 is 1.12 bits per heavy atom. The van der Waals surface area contributed by atoms with Crippen LogP contribution in [-0.2, 0) is 16.0 Å². The molecule has 180 valence electrons. The minimum absolute atomic E-state index is 0.0659. The highest BCUT2D eigenvalue weighted by atomic mass is 35.5. The molecule has 0 saturated carbocycles. The molecular weight excluding hydrogens is 496 g/mol. The maximum Gasteiger partial charge on any atom is 0.387 e. The Hall–Kier alpha value is -3.10. The maximum atomic E-state index is 14.8. The number of carbonyl (C=O) groups is 1. The summed E-state index contributed by atoms with van der Waals surface area (Å²) in [4.78, 5) is 11.5. The van der Waals surface area contributed by atoms with Crippen molar-refractivity contribution in [2.24, 2.45) is 0 Å². The topological polar surface area (TPSA) is 65.0 Å². The summed E-state index contributed by atoms with van der Waals surface area (Å²) in [5, 5.41) is 10.1. The van der Waals surface area contributed by atoms with E-state index < -0.39 is 25.0 Å². The fraction of sp³-hybridized carbons (Fsp3) is 0.208. The zero-order chi connectivity index (χ0) is 24.8. The molecule has 3 rings (SSSR count). The normalized spacial score (nSPS) is 10.9.